The lowest BCUT2D eigenvalue weighted by Gasteiger charge is -2.13. The first-order valence-corrected chi connectivity index (χ1v) is 10.3. The van der Waals surface area contributed by atoms with Crippen molar-refractivity contribution in [2.24, 2.45) is 0 Å². The third kappa shape index (κ3) is 4.65. The number of ether oxygens (including phenoxy) is 3. The maximum absolute atomic E-state index is 12.4. The van der Waals surface area contributed by atoms with Crippen molar-refractivity contribution < 1.29 is 23.8 Å². The van der Waals surface area contributed by atoms with Crippen LogP contribution >= 0.6 is 11.3 Å². The Bertz CT molecular complexity index is 860. The largest absolute Gasteiger partial charge is 0.454 e. The lowest BCUT2D eigenvalue weighted by molar-refractivity contribution is -0.129. The zero-order valence-corrected chi connectivity index (χ0v) is 17.2. The lowest BCUT2D eigenvalue weighted by Crippen LogP contribution is -2.35. The van der Waals surface area contributed by atoms with Gasteiger partial charge in [-0.2, -0.15) is 0 Å². The first-order chi connectivity index (χ1) is 13.5. The summed E-state index contributed by atoms with van der Waals surface area (Å²) in [7, 11) is 0. The standard InChI is InChI=1S/C21H25NO5S/c1-4-6-18-15(5-2)10-19(28-18)21(24)27-13(3)20(23)22-11-14-7-8-16-17(9-14)26-12-25-16/h7-10,13H,4-6,11-12H2,1-3H3,(H,22,23)/t13-/m1/s1. The van der Waals surface area contributed by atoms with Crippen LogP contribution in [0.3, 0.4) is 0 Å². The number of thiophene rings is 1. The molecule has 1 N–H and O–H groups in total. The molecule has 0 spiro atoms. The molecular formula is C21H25NO5S. The summed E-state index contributed by atoms with van der Waals surface area (Å²) >= 11 is 1.46. The van der Waals surface area contributed by atoms with Gasteiger partial charge in [-0.1, -0.05) is 26.3 Å². The van der Waals surface area contributed by atoms with Crippen LogP contribution < -0.4 is 14.8 Å². The number of carbonyl (C=O) groups is 2. The van der Waals surface area contributed by atoms with Gasteiger partial charge in [-0.05, 0) is 49.1 Å². The molecule has 1 aromatic carbocycles. The zero-order valence-electron chi connectivity index (χ0n) is 16.4. The van der Waals surface area contributed by atoms with Crippen molar-refractivity contribution in [3.63, 3.8) is 0 Å². The molecule has 0 bridgehead atoms. The number of esters is 1. The molecule has 6 nitrogen and oxygen atoms in total. The van der Waals surface area contributed by atoms with E-state index in [4.69, 9.17) is 14.2 Å². The Morgan fingerprint density at radius 3 is 2.75 bits per heavy atom. The molecule has 1 aliphatic rings. The average molecular weight is 404 g/mol. The van der Waals surface area contributed by atoms with Gasteiger partial charge in [-0.3, -0.25) is 4.79 Å². The maximum Gasteiger partial charge on any atom is 0.349 e. The molecular weight excluding hydrogens is 378 g/mol. The molecule has 1 aromatic heterocycles. The van der Waals surface area contributed by atoms with E-state index in [1.54, 1.807) is 6.92 Å². The van der Waals surface area contributed by atoms with Crippen LogP contribution in [0.1, 0.15) is 52.9 Å². The average Bonchev–Trinajstić information content (AvgIpc) is 3.32. The van der Waals surface area contributed by atoms with Gasteiger partial charge in [0.1, 0.15) is 4.88 Å². The summed E-state index contributed by atoms with van der Waals surface area (Å²) in [6.07, 6.45) is 1.99. The van der Waals surface area contributed by atoms with Crippen molar-refractivity contribution in [1.82, 2.24) is 5.32 Å². The van der Waals surface area contributed by atoms with Gasteiger partial charge in [-0.25, -0.2) is 4.79 Å². The summed E-state index contributed by atoms with van der Waals surface area (Å²) in [6, 6.07) is 7.38. The van der Waals surface area contributed by atoms with E-state index in [2.05, 4.69) is 19.2 Å². The van der Waals surface area contributed by atoms with Gasteiger partial charge in [0.25, 0.3) is 5.91 Å². The first kappa shape index (κ1) is 20.2. The van der Waals surface area contributed by atoms with Crippen LogP contribution in [0.15, 0.2) is 24.3 Å². The Morgan fingerprint density at radius 1 is 1.21 bits per heavy atom. The highest BCUT2D eigenvalue weighted by Crippen LogP contribution is 2.32. The summed E-state index contributed by atoms with van der Waals surface area (Å²) in [5, 5.41) is 2.79. The van der Waals surface area contributed by atoms with E-state index in [0.29, 0.717) is 22.9 Å². The number of fused-ring (bicyclic) bond motifs is 1. The predicted molar refractivity (Wildman–Crippen MR) is 107 cm³/mol. The minimum absolute atomic E-state index is 0.209. The minimum atomic E-state index is -0.872. The highest BCUT2D eigenvalue weighted by Gasteiger charge is 2.21. The molecule has 1 amide bonds. The van der Waals surface area contributed by atoms with Crippen molar-refractivity contribution in [2.75, 3.05) is 6.79 Å². The SMILES string of the molecule is CCCc1sc(C(=O)O[C@H](C)C(=O)NCc2ccc3c(c2)OCO3)cc1CC. The van der Waals surface area contributed by atoms with Gasteiger partial charge >= 0.3 is 5.97 Å². The van der Waals surface area contributed by atoms with Crippen LogP contribution in [-0.2, 0) is 28.9 Å². The molecule has 7 heteroatoms. The van der Waals surface area contributed by atoms with Gasteiger partial charge in [0, 0.05) is 11.4 Å². The molecule has 0 saturated heterocycles. The van der Waals surface area contributed by atoms with E-state index in [1.807, 2.05) is 24.3 Å². The number of nitrogens with one attached hydrogen (secondary N) is 1. The first-order valence-electron chi connectivity index (χ1n) is 9.50. The summed E-state index contributed by atoms with van der Waals surface area (Å²) in [5.74, 6) is 0.570. The van der Waals surface area contributed by atoms with Crippen LogP contribution in [0.4, 0.5) is 0 Å². The van der Waals surface area contributed by atoms with Crippen molar-refractivity contribution in [3.05, 3.63) is 45.1 Å². The van der Waals surface area contributed by atoms with Gasteiger partial charge < -0.3 is 19.5 Å². The third-order valence-corrected chi connectivity index (χ3v) is 5.73. The van der Waals surface area contributed by atoms with Crippen LogP contribution in [0.2, 0.25) is 0 Å². The molecule has 0 saturated carbocycles. The van der Waals surface area contributed by atoms with E-state index in [0.717, 1.165) is 24.8 Å². The number of rotatable bonds is 8. The van der Waals surface area contributed by atoms with E-state index < -0.39 is 12.1 Å². The van der Waals surface area contributed by atoms with E-state index in [9.17, 15) is 9.59 Å². The predicted octanol–water partition coefficient (Wildman–Crippen LogP) is 3.85. The molecule has 1 aliphatic heterocycles. The molecule has 1 atom stereocenters. The molecule has 150 valence electrons. The Labute approximate surface area is 168 Å². The number of hydrogen-bond donors (Lipinski definition) is 1. The smallest absolute Gasteiger partial charge is 0.349 e. The molecule has 3 rings (SSSR count). The molecule has 0 unspecified atom stereocenters. The fraction of sp³-hybridized carbons (Fsp3) is 0.429. The summed E-state index contributed by atoms with van der Waals surface area (Å²) in [6.45, 7) is 6.29. The van der Waals surface area contributed by atoms with E-state index in [1.165, 1.54) is 21.8 Å². The number of aryl methyl sites for hydroxylation is 2. The van der Waals surface area contributed by atoms with E-state index in [-0.39, 0.29) is 12.7 Å². The Hall–Kier alpha value is -2.54. The maximum atomic E-state index is 12.4. The normalized spacial score (nSPS) is 13.2. The third-order valence-electron chi connectivity index (χ3n) is 4.51. The van der Waals surface area contributed by atoms with Crippen LogP contribution in [0, 0.1) is 0 Å². The monoisotopic (exact) mass is 403 g/mol. The molecule has 2 heterocycles. The fourth-order valence-corrected chi connectivity index (χ4v) is 4.20. The number of benzene rings is 1. The zero-order chi connectivity index (χ0) is 20.1. The van der Waals surface area contributed by atoms with Crippen LogP contribution in [0.5, 0.6) is 11.5 Å². The van der Waals surface area contributed by atoms with Crippen molar-refractivity contribution >= 4 is 23.2 Å². The summed E-state index contributed by atoms with van der Waals surface area (Å²) < 4.78 is 16.0. The summed E-state index contributed by atoms with van der Waals surface area (Å²) in [4.78, 5) is 26.5. The fourth-order valence-electron chi connectivity index (χ4n) is 2.96. The molecule has 0 radical (unpaired) electrons. The summed E-state index contributed by atoms with van der Waals surface area (Å²) in [5.41, 5.74) is 2.06. The molecule has 2 aromatic rings. The highest BCUT2D eigenvalue weighted by atomic mass is 32.1. The number of carbonyl (C=O) groups excluding carboxylic acids is 2. The molecule has 28 heavy (non-hydrogen) atoms. The quantitative estimate of drug-likeness (QED) is 0.678. The van der Waals surface area contributed by atoms with Gasteiger partial charge in [0.15, 0.2) is 17.6 Å². The van der Waals surface area contributed by atoms with Gasteiger partial charge in [0.2, 0.25) is 6.79 Å². The molecule has 0 fully saturated rings. The second-order valence-electron chi connectivity index (χ2n) is 6.62. The van der Waals surface area contributed by atoms with Crippen LogP contribution in [-0.4, -0.2) is 24.8 Å². The highest BCUT2D eigenvalue weighted by molar-refractivity contribution is 7.14. The second kappa shape index (κ2) is 9.10. The Kier molecular flexibility index (Phi) is 6.57. The number of hydrogen-bond acceptors (Lipinski definition) is 6. The van der Waals surface area contributed by atoms with Crippen molar-refractivity contribution in [3.8, 4) is 11.5 Å². The molecule has 0 aliphatic carbocycles. The Morgan fingerprint density at radius 2 is 2.00 bits per heavy atom. The van der Waals surface area contributed by atoms with Gasteiger partial charge in [0.05, 0.1) is 0 Å². The number of amides is 1. The van der Waals surface area contributed by atoms with Gasteiger partial charge in [-0.15, -0.1) is 11.3 Å². The topological polar surface area (TPSA) is 73.9 Å². The minimum Gasteiger partial charge on any atom is -0.454 e. The second-order valence-corrected chi connectivity index (χ2v) is 7.75. The van der Waals surface area contributed by atoms with Crippen LogP contribution in [0.25, 0.3) is 0 Å². The Balaban J connectivity index is 1.54. The van der Waals surface area contributed by atoms with Crippen molar-refractivity contribution in [2.45, 2.75) is 52.7 Å². The lowest BCUT2D eigenvalue weighted by atomic mass is 10.1. The van der Waals surface area contributed by atoms with E-state index >= 15 is 0 Å². The van der Waals surface area contributed by atoms with Crippen molar-refractivity contribution in [1.29, 1.82) is 0 Å².